The van der Waals surface area contributed by atoms with Crippen molar-refractivity contribution in [2.75, 3.05) is 21.3 Å². The van der Waals surface area contributed by atoms with Crippen LogP contribution in [0.2, 0.25) is 18.6 Å². The Kier molecular flexibility index (Phi) is 10.2. The number of carbonyl (C=O) groups excluding carboxylic acids is 6. The molecule has 5 aliphatic rings. The topological polar surface area (TPSA) is 163 Å². The Balaban J connectivity index is 1.15. The van der Waals surface area contributed by atoms with Crippen LogP contribution in [0.3, 0.4) is 0 Å². The van der Waals surface area contributed by atoms with Gasteiger partial charge in [0.15, 0.2) is 18.1 Å². The van der Waals surface area contributed by atoms with Gasteiger partial charge in [-0.15, -0.1) is 0 Å². The van der Waals surface area contributed by atoms with E-state index in [9.17, 15) is 29.1 Å². The summed E-state index contributed by atoms with van der Waals surface area (Å²) in [5.41, 5.74) is 1.89. The molecule has 59 heavy (non-hydrogen) atoms. The lowest BCUT2D eigenvalue weighted by Crippen LogP contribution is -2.55. The van der Waals surface area contributed by atoms with Gasteiger partial charge in [-0.3, -0.25) is 38.6 Å². The van der Waals surface area contributed by atoms with E-state index >= 15 is 8.90 Å². The normalized spacial score (nSPS) is 27.3. The summed E-state index contributed by atoms with van der Waals surface area (Å²) in [5.74, 6) is -3.09. The van der Waals surface area contributed by atoms with Gasteiger partial charge in [-0.2, -0.15) is 0 Å². The van der Waals surface area contributed by atoms with Gasteiger partial charge in [-0.1, -0.05) is 43.3 Å². The summed E-state index contributed by atoms with van der Waals surface area (Å²) in [4.78, 5) is 84.3. The Morgan fingerprint density at radius 1 is 0.864 bits per heavy atom. The van der Waals surface area contributed by atoms with Gasteiger partial charge in [0, 0.05) is 48.8 Å². The third-order valence-corrected chi connectivity index (χ3v) is 14.9. The van der Waals surface area contributed by atoms with E-state index in [4.69, 9.17) is 14.2 Å². The van der Waals surface area contributed by atoms with E-state index in [0.717, 1.165) is 11.1 Å². The standard InChI is InChI=1S/C43H47FN4O10Si/c1-24-41(59(4,5)44)35(18-36(52)45-22-29-9-7-6-8-28(29)16-32(45)23-49)58-43(24)33-17-31(48-38(54)20-40(48)57-26(3)51)14-15-34(33)46(42(43)55)21-27-10-12-30(13-11-27)47-37(53)19-39(47)56-25(2)50/h6-15,17,24,32,35,39-41,49H,16,18-23H2,1-5H3/t24-,32-,35+,39?,40?,41-,43+/m0/s1. The first-order chi connectivity index (χ1) is 28.0. The lowest BCUT2D eigenvalue weighted by Gasteiger charge is -2.39. The Hall–Kier alpha value is -5.45. The van der Waals surface area contributed by atoms with Crippen LogP contribution in [0.4, 0.5) is 21.2 Å². The maximum atomic E-state index is 16.8. The number of hydrogen-bond acceptors (Lipinski definition) is 10. The van der Waals surface area contributed by atoms with E-state index in [0.29, 0.717) is 34.6 Å². The smallest absolute Gasteiger partial charge is 0.304 e. The van der Waals surface area contributed by atoms with Gasteiger partial charge in [0.25, 0.3) is 5.91 Å². The molecule has 5 heterocycles. The number of anilines is 3. The number of halogens is 1. The fourth-order valence-electron chi connectivity index (χ4n) is 9.79. The predicted octanol–water partition coefficient (Wildman–Crippen LogP) is 4.60. The van der Waals surface area contributed by atoms with Crippen molar-refractivity contribution in [3.05, 3.63) is 89.0 Å². The SMILES string of the molecule is CC(=O)OC1CC(=O)N1c1ccc(CN2C(=O)[C@]3(O[C@H](CC(=O)N4Cc5ccccc5C[C@H]4CO)[C@@H]([Si](C)(C)F)[C@@H]3C)c3cc(N4C(=O)CC4OC(C)=O)ccc32)cc1. The molecule has 0 aromatic heterocycles. The van der Waals surface area contributed by atoms with Crippen LogP contribution in [0, 0.1) is 5.92 Å². The average molecular weight is 827 g/mol. The van der Waals surface area contributed by atoms with Gasteiger partial charge in [0.2, 0.25) is 26.1 Å². The van der Waals surface area contributed by atoms with Gasteiger partial charge < -0.3 is 33.2 Å². The van der Waals surface area contributed by atoms with Gasteiger partial charge in [0.1, 0.15) is 0 Å². The molecule has 2 unspecified atom stereocenters. The summed E-state index contributed by atoms with van der Waals surface area (Å²) in [6, 6.07) is 19.2. The lowest BCUT2D eigenvalue weighted by molar-refractivity contribution is -0.155. The number of carbonyl (C=O) groups is 6. The van der Waals surface area contributed by atoms with Crippen LogP contribution in [0.1, 0.15) is 62.3 Å². The second-order valence-corrected chi connectivity index (χ2v) is 20.4. The Labute approximate surface area is 342 Å². The molecule has 310 valence electrons. The third kappa shape index (κ3) is 6.89. The molecule has 7 atom stereocenters. The number of esters is 2. The monoisotopic (exact) mass is 826 g/mol. The number of aliphatic hydroxyl groups is 1. The number of ether oxygens (including phenoxy) is 3. The fraction of sp³-hybridized carbons (Fsp3) is 0.442. The largest absolute Gasteiger partial charge is 0.441 e. The van der Waals surface area contributed by atoms with Crippen LogP contribution in [-0.4, -0.2) is 85.2 Å². The van der Waals surface area contributed by atoms with Crippen LogP contribution < -0.4 is 14.7 Å². The summed E-state index contributed by atoms with van der Waals surface area (Å²) >= 11 is 0. The van der Waals surface area contributed by atoms with E-state index in [-0.39, 0.29) is 56.7 Å². The molecule has 8 rings (SSSR count). The number of rotatable bonds is 10. The van der Waals surface area contributed by atoms with Gasteiger partial charge in [-0.25, -0.2) is 0 Å². The summed E-state index contributed by atoms with van der Waals surface area (Å²) in [6.07, 6.45) is -2.24. The molecule has 0 radical (unpaired) electrons. The molecule has 1 spiro atoms. The maximum absolute atomic E-state index is 16.8. The highest BCUT2D eigenvalue weighted by Crippen LogP contribution is 2.61. The minimum absolute atomic E-state index is 0.00980. The first-order valence-corrected chi connectivity index (χ1v) is 22.8. The number of hydrogen-bond donors (Lipinski definition) is 1. The zero-order valence-electron chi connectivity index (χ0n) is 33.6. The Bertz CT molecular complexity index is 2250. The number of fused-ring (bicyclic) bond motifs is 3. The molecule has 3 saturated heterocycles. The molecular formula is C43H47FN4O10Si. The van der Waals surface area contributed by atoms with Crippen molar-refractivity contribution in [3.8, 4) is 0 Å². The van der Waals surface area contributed by atoms with Crippen LogP contribution in [-0.2, 0) is 68.1 Å². The van der Waals surface area contributed by atoms with Gasteiger partial charge >= 0.3 is 11.9 Å². The minimum Gasteiger partial charge on any atom is -0.441 e. The summed E-state index contributed by atoms with van der Waals surface area (Å²) in [5, 5.41) is 10.4. The molecule has 16 heteroatoms. The minimum atomic E-state index is -3.70. The first kappa shape index (κ1) is 40.3. The molecule has 3 aromatic carbocycles. The van der Waals surface area contributed by atoms with E-state index < -0.39 is 67.9 Å². The third-order valence-electron chi connectivity index (χ3n) is 12.5. The van der Waals surface area contributed by atoms with Crippen molar-refractivity contribution in [1.29, 1.82) is 0 Å². The van der Waals surface area contributed by atoms with E-state index in [1.54, 1.807) is 72.3 Å². The molecule has 5 aliphatic heterocycles. The lowest BCUT2D eigenvalue weighted by atomic mass is 9.82. The van der Waals surface area contributed by atoms with E-state index in [1.807, 2.05) is 24.3 Å². The molecule has 4 amide bonds. The number of β-lactam (4-membered cyclic amide) rings is 2. The maximum Gasteiger partial charge on any atom is 0.304 e. The van der Waals surface area contributed by atoms with E-state index in [2.05, 4.69) is 0 Å². The van der Waals surface area contributed by atoms with Crippen LogP contribution in [0.5, 0.6) is 0 Å². The van der Waals surface area contributed by atoms with E-state index in [1.165, 1.54) is 23.6 Å². The molecule has 0 bridgehead atoms. The number of aliphatic hydroxyl groups excluding tert-OH is 1. The second kappa shape index (κ2) is 15.0. The summed E-state index contributed by atoms with van der Waals surface area (Å²) < 4.78 is 34.4. The van der Waals surface area contributed by atoms with Crippen LogP contribution in [0.15, 0.2) is 66.7 Å². The second-order valence-electron chi connectivity index (χ2n) is 16.6. The van der Waals surface area contributed by atoms with Gasteiger partial charge in [0.05, 0.1) is 50.2 Å². The summed E-state index contributed by atoms with van der Waals surface area (Å²) in [6.45, 7) is 7.49. The molecule has 0 saturated carbocycles. The van der Waals surface area contributed by atoms with Gasteiger partial charge in [-0.05, 0) is 66.5 Å². The molecule has 3 fully saturated rings. The first-order valence-electron chi connectivity index (χ1n) is 19.9. The number of nitrogens with zero attached hydrogens (tertiary/aromatic N) is 4. The molecule has 14 nitrogen and oxygen atoms in total. The molecule has 1 N–H and O–H groups in total. The Morgan fingerprint density at radius 2 is 1.46 bits per heavy atom. The quantitative estimate of drug-likeness (QED) is 0.132. The van der Waals surface area contributed by atoms with Crippen molar-refractivity contribution < 1.29 is 52.2 Å². The Morgan fingerprint density at radius 3 is 2.03 bits per heavy atom. The number of benzene rings is 3. The molecule has 0 aliphatic carbocycles. The zero-order valence-corrected chi connectivity index (χ0v) is 34.6. The number of amides is 4. The van der Waals surface area contributed by atoms with Crippen molar-refractivity contribution in [1.82, 2.24) is 4.90 Å². The van der Waals surface area contributed by atoms with Crippen molar-refractivity contribution in [2.45, 2.75) is 108 Å². The highest BCUT2D eigenvalue weighted by molar-refractivity contribution is 6.72. The van der Waals surface area contributed by atoms with Crippen molar-refractivity contribution >= 4 is 61.0 Å². The fourth-order valence-corrected chi connectivity index (χ4v) is 12.3. The van der Waals surface area contributed by atoms with Crippen molar-refractivity contribution in [3.63, 3.8) is 0 Å². The van der Waals surface area contributed by atoms with Crippen molar-refractivity contribution in [2.24, 2.45) is 5.92 Å². The molecule has 3 aromatic rings. The average Bonchev–Trinajstić information content (AvgIpc) is 3.59. The highest BCUT2D eigenvalue weighted by atomic mass is 28.4. The predicted molar refractivity (Wildman–Crippen MR) is 214 cm³/mol. The zero-order chi connectivity index (χ0) is 42.1. The van der Waals surface area contributed by atoms with Crippen LogP contribution >= 0.6 is 0 Å². The highest BCUT2D eigenvalue weighted by Gasteiger charge is 2.67. The summed E-state index contributed by atoms with van der Waals surface area (Å²) in [7, 11) is -3.70. The molecular weight excluding hydrogens is 780 g/mol. The van der Waals surface area contributed by atoms with Crippen LogP contribution in [0.25, 0.3) is 0 Å².